The third-order valence-corrected chi connectivity index (χ3v) is 8.63. The summed E-state index contributed by atoms with van der Waals surface area (Å²) in [5.41, 5.74) is 5.12. The summed E-state index contributed by atoms with van der Waals surface area (Å²) in [4.78, 5) is 18.3. The van der Waals surface area contributed by atoms with Crippen LogP contribution in [0.4, 0.5) is 11.4 Å². The van der Waals surface area contributed by atoms with Gasteiger partial charge in [-0.25, -0.2) is 13.4 Å². The molecule has 6 rings (SSSR count). The van der Waals surface area contributed by atoms with Crippen molar-refractivity contribution in [3.05, 3.63) is 120 Å². The number of nitrogens with zero attached hydrogens (tertiary/aromatic N) is 2. The highest BCUT2D eigenvalue weighted by Gasteiger charge is 2.28. The number of rotatable bonds is 5. The van der Waals surface area contributed by atoms with Crippen LogP contribution in [-0.2, 0) is 16.4 Å². The number of aromatic nitrogens is 1. The molecule has 0 radical (unpaired) electrons. The van der Waals surface area contributed by atoms with Gasteiger partial charge in [0, 0.05) is 23.2 Å². The lowest BCUT2D eigenvalue weighted by Gasteiger charge is -2.30. The van der Waals surface area contributed by atoms with Crippen LogP contribution in [0.15, 0.2) is 114 Å². The van der Waals surface area contributed by atoms with Crippen LogP contribution < -0.4 is 9.62 Å². The number of nitrogens with one attached hydrogen (secondary N) is 1. The van der Waals surface area contributed by atoms with Crippen LogP contribution in [0.1, 0.15) is 22.3 Å². The Morgan fingerprint density at radius 2 is 1.53 bits per heavy atom. The number of fused-ring (bicyclic) bond motifs is 2. The molecule has 0 bridgehead atoms. The average molecular weight is 520 g/mol. The number of sulfonamides is 1. The maximum atomic E-state index is 13.5. The van der Waals surface area contributed by atoms with Gasteiger partial charge in [-0.2, -0.15) is 0 Å². The standard InChI is InChI=1S/C31H25N3O3S/c35-31(27-21-29(22-9-2-1-3-10-22)33-28-14-6-5-13-26(27)28)32-24-16-18-25(19-17-24)38(36,37)34-20-8-12-23-11-4-7-15-30(23)34/h1-7,9-11,13-19,21H,8,12,20H2,(H,32,35). The van der Waals surface area contributed by atoms with E-state index in [4.69, 9.17) is 4.98 Å². The monoisotopic (exact) mass is 519 g/mol. The molecule has 1 aromatic heterocycles. The zero-order valence-corrected chi connectivity index (χ0v) is 21.4. The van der Waals surface area contributed by atoms with Crippen LogP contribution in [0.25, 0.3) is 22.2 Å². The molecule has 0 saturated carbocycles. The summed E-state index contributed by atoms with van der Waals surface area (Å²) in [5, 5.41) is 3.67. The van der Waals surface area contributed by atoms with E-state index < -0.39 is 10.0 Å². The van der Waals surface area contributed by atoms with Crippen molar-refractivity contribution in [2.45, 2.75) is 17.7 Å². The molecule has 6 nitrogen and oxygen atoms in total. The van der Waals surface area contributed by atoms with Crippen molar-refractivity contribution < 1.29 is 13.2 Å². The molecule has 7 heteroatoms. The fourth-order valence-corrected chi connectivity index (χ4v) is 6.45. The van der Waals surface area contributed by atoms with Gasteiger partial charge in [-0.3, -0.25) is 9.10 Å². The normalized spacial score (nSPS) is 13.2. The SMILES string of the molecule is O=C(Nc1ccc(S(=O)(=O)N2CCCc3ccccc32)cc1)c1cc(-c2ccccc2)nc2ccccc12. The molecule has 188 valence electrons. The molecule has 38 heavy (non-hydrogen) atoms. The fourth-order valence-electron chi connectivity index (χ4n) is 4.90. The predicted octanol–water partition coefficient (Wildman–Crippen LogP) is 6.30. The van der Waals surface area contributed by atoms with E-state index in [-0.39, 0.29) is 10.8 Å². The second kappa shape index (κ2) is 9.76. The third kappa shape index (κ3) is 4.41. The van der Waals surface area contributed by atoms with Crippen LogP contribution in [-0.4, -0.2) is 25.9 Å². The topological polar surface area (TPSA) is 79.4 Å². The molecule has 0 atom stereocenters. The Bertz CT molecular complexity index is 1750. The third-order valence-electron chi connectivity index (χ3n) is 6.80. The first-order valence-corrected chi connectivity index (χ1v) is 13.9. The molecule has 0 fully saturated rings. The van der Waals surface area contributed by atoms with Gasteiger partial charge in [-0.15, -0.1) is 0 Å². The minimum atomic E-state index is -3.73. The summed E-state index contributed by atoms with van der Waals surface area (Å²) in [6.45, 7) is 0.441. The maximum absolute atomic E-state index is 13.5. The largest absolute Gasteiger partial charge is 0.322 e. The molecule has 0 spiro atoms. The first-order valence-electron chi connectivity index (χ1n) is 12.5. The Labute approximate surface area is 221 Å². The molecule has 0 aliphatic carbocycles. The number of para-hydroxylation sites is 2. The van der Waals surface area contributed by atoms with Gasteiger partial charge in [0.1, 0.15) is 0 Å². The Morgan fingerprint density at radius 3 is 2.34 bits per heavy atom. The van der Waals surface area contributed by atoms with Crippen molar-refractivity contribution in [3.63, 3.8) is 0 Å². The molecule has 1 aliphatic heterocycles. The van der Waals surface area contributed by atoms with Crippen molar-refractivity contribution in [3.8, 4) is 11.3 Å². The van der Waals surface area contributed by atoms with Gasteiger partial charge < -0.3 is 5.32 Å². The lowest BCUT2D eigenvalue weighted by molar-refractivity contribution is 0.102. The number of hydrogen-bond donors (Lipinski definition) is 1. The van der Waals surface area contributed by atoms with E-state index in [1.54, 1.807) is 30.3 Å². The zero-order chi connectivity index (χ0) is 26.1. The molecule has 1 aliphatic rings. The summed E-state index contributed by atoms with van der Waals surface area (Å²) >= 11 is 0. The van der Waals surface area contributed by atoms with Gasteiger partial charge in [0.05, 0.1) is 27.4 Å². The second-order valence-electron chi connectivity index (χ2n) is 9.23. The quantitative estimate of drug-likeness (QED) is 0.296. The van der Waals surface area contributed by atoms with Crippen molar-refractivity contribution in [1.29, 1.82) is 0 Å². The highest BCUT2D eigenvalue weighted by atomic mass is 32.2. The van der Waals surface area contributed by atoms with Crippen molar-refractivity contribution in [2.75, 3.05) is 16.2 Å². The predicted molar refractivity (Wildman–Crippen MR) is 151 cm³/mol. The summed E-state index contributed by atoms with van der Waals surface area (Å²) in [5.74, 6) is -0.290. The first kappa shape index (κ1) is 23.9. The van der Waals surface area contributed by atoms with E-state index in [0.29, 0.717) is 23.5 Å². The number of carbonyl (C=O) groups excluding carboxylic acids is 1. The molecular weight excluding hydrogens is 494 g/mol. The van der Waals surface area contributed by atoms with E-state index in [1.165, 1.54) is 4.31 Å². The number of amides is 1. The van der Waals surface area contributed by atoms with Gasteiger partial charge in [0.15, 0.2) is 0 Å². The summed E-state index contributed by atoms with van der Waals surface area (Å²) in [6.07, 6.45) is 1.64. The smallest absolute Gasteiger partial charge is 0.264 e. The Morgan fingerprint density at radius 1 is 0.816 bits per heavy atom. The first-order chi connectivity index (χ1) is 18.5. The molecular formula is C31H25N3O3S. The van der Waals surface area contributed by atoms with Crippen LogP contribution in [0.5, 0.6) is 0 Å². The minimum absolute atomic E-state index is 0.188. The van der Waals surface area contributed by atoms with E-state index in [1.807, 2.05) is 78.9 Å². The highest BCUT2D eigenvalue weighted by Crippen LogP contribution is 2.32. The van der Waals surface area contributed by atoms with E-state index in [0.717, 1.165) is 40.6 Å². The van der Waals surface area contributed by atoms with E-state index in [9.17, 15) is 13.2 Å². The highest BCUT2D eigenvalue weighted by molar-refractivity contribution is 7.92. The number of anilines is 2. The van der Waals surface area contributed by atoms with Crippen LogP contribution >= 0.6 is 0 Å². The minimum Gasteiger partial charge on any atom is -0.322 e. The maximum Gasteiger partial charge on any atom is 0.264 e. The Kier molecular flexibility index (Phi) is 6.13. The van der Waals surface area contributed by atoms with Gasteiger partial charge >= 0.3 is 0 Å². The number of carbonyl (C=O) groups is 1. The molecule has 0 unspecified atom stereocenters. The van der Waals surface area contributed by atoms with Crippen molar-refractivity contribution >= 4 is 38.2 Å². The molecule has 5 aromatic rings. The Balaban J connectivity index is 1.29. The summed E-state index contributed by atoms with van der Waals surface area (Å²) in [7, 11) is -3.73. The van der Waals surface area contributed by atoms with Crippen LogP contribution in [0.2, 0.25) is 0 Å². The number of hydrogen-bond acceptors (Lipinski definition) is 4. The average Bonchev–Trinajstić information content (AvgIpc) is 2.97. The summed E-state index contributed by atoms with van der Waals surface area (Å²) in [6, 6.07) is 33.0. The Hall–Kier alpha value is -4.49. The number of aryl methyl sites for hydroxylation is 1. The molecule has 0 saturated heterocycles. The lowest BCUT2D eigenvalue weighted by atomic mass is 10.0. The second-order valence-corrected chi connectivity index (χ2v) is 11.1. The zero-order valence-electron chi connectivity index (χ0n) is 20.5. The molecule has 1 N–H and O–H groups in total. The molecule has 2 heterocycles. The summed E-state index contributed by atoms with van der Waals surface area (Å²) < 4.78 is 28.4. The number of pyridine rings is 1. The van der Waals surface area contributed by atoms with Crippen LogP contribution in [0, 0.1) is 0 Å². The van der Waals surface area contributed by atoms with Gasteiger partial charge in [0.25, 0.3) is 15.9 Å². The van der Waals surface area contributed by atoms with E-state index >= 15 is 0 Å². The van der Waals surface area contributed by atoms with Crippen molar-refractivity contribution in [1.82, 2.24) is 4.98 Å². The van der Waals surface area contributed by atoms with Crippen LogP contribution in [0.3, 0.4) is 0 Å². The molecule has 4 aromatic carbocycles. The van der Waals surface area contributed by atoms with Gasteiger partial charge in [0.2, 0.25) is 0 Å². The fraction of sp³-hybridized carbons (Fsp3) is 0.0968. The lowest BCUT2D eigenvalue weighted by Crippen LogP contribution is -2.35. The van der Waals surface area contributed by atoms with E-state index in [2.05, 4.69) is 5.32 Å². The van der Waals surface area contributed by atoms with Gasteiger partial charge in [-0.05, 0) is 60.9 Å². The van der Waals surface area contributed by atoms with Gasteiger partial charge in [-0.1, -0.05) is 66.7 Å². The van der Waals surface area contributed by atoms with Crippen molar-refractivity contribution in [2.24, 2.45) is 0 Å². The number of benzene rings is 4. The molecule has 1 amide bonds.